The van der Waals surface area contributed by atoms with Gasteiger partial charge in [0.15, 0.2) is 12.0 Å². The van der Waals surface area contributed by atoms with Gasteiger partial charge in [-0.05, 0) is 17.7 Å². The minimum Gasteiger partial charge on any atom is -0.491 e. The van der Waals surface area contributed by atoms with Gasteiger partial charge in [-0.1, -0.05) is 6.07 Å². The van der Waals surface area contributed by atoms with Gasteiger partial charge in [-0.3, -0.25) is 4.79 Å². The first-order valence-corrected chi connectivity index (χ1v) is 5.15. The lowest BCUT2D eigenvalue weighted by molar-refractivity contribution is 0.0898. The van der Waals surface area contributed by atoms with E-state index in [9.17, 15) is 9.18 Å². The van der Waals surface area contributed by atoms with Crippen molar-refractivity contribution in [2.45, 2.75) is 12.6 Å². The molecule has 0 amide bonds. The van der Waals surface area contributed by atoms with Crippen molar-refractivity contribution in [3.05, 3.63) is 29.3 Å². The summed E-state index contributed by atoms with van der Waals surface area (Å²) >= 11 is 0. The zero-order valence-electron chi connectivity index (χ0n) is 9.03. The van der Waals surface area contributed by atoms with Gasteiger partial charge < -0.3 is 9.47 Å². The zero-order chi connectivity index (χ0) is 11.5. The summed E-state index contributed by atoms with van der Waals surface area (Å²) in [5.74, 6) is 0.144. The Morgan fingerprint density at radius 1 is 1.44 bits per heavy atom. The molecule has 0 saturated carbocycles. The standard InChI is InChI=1S/C12H13FO3/c1-15-4-5-16-9-3-2-8-6-11(13)12(14)10(8)7-9/h2-3,7,11H,4-6H2,1H3. The molecule has 86 valence electrons. The van der Waals surface area contributed by atoms with Gasteiger partial charge in [0.1, 0.15) is 12.4 Å². The topological polar surface area (TPSA) is 35.5 Å². The lowest BCUT2D eigenvalue weighted by atomic mass is 10.1. The van der Waals surface area contributed by atoms with E-state index in [1.165, 1.54) is 0 Å². The Morgan fingerprint density at radius 2 is 2.25 bits per heavy atom. The Kier molecular flexibility index (Phi) is 3.19. The van der Waals surface area contributed by atoms with Crippen molar-refractivity contribution in [1.29, 1.82) is 0 Å². The summed E-state index contributed by atoms with van der Waals surface area (Å²) in [5.41, 5.74) is 1.21. The molecule has 0 N–H and O–H groups in total. The van der Waals surface area contributed by atoms with Crippen LogP contribution in [0.5, 0.6) is 5.75 Å². The number of carbonyl (C=O) groups is 1. The summed E-state index contributed by atoms with van der Waals surface area (Å²) in [6.45, 7) is 0.902. The Hall–Kier alpha value is -1.42. The molecule has 0 aliphatic heterocycles. The summed E-state index contributed by atoms with van der Waals surface area (Å²) in [4.78, 5) is 11.4. The number of rotatable bonds is 4. The summed E-state index contributed by atoms with van der Waals surface area (Å²) < 4.78 is 23.3. The van der Waals surface area contributed by atoms with Crippen LogP contribution in [0.15, 0.2) is 18.2 Å². The molecule has 0 bridgehead atoms. The lowest BCUT2D eigenvalue weighted by Gasteiger charge is -2.06. The first-order valence-electron chi connectivity index (χ1n) is 5.15. The van der Waals surface area contributed by atoms with Crippen molar-refractivity contribution in [2.75, 3.05) is 20.3 Å². The SMILES string of the molecule is COCCOc1ccc2c(c1)C(=O)C(F)C2. The fourth-order valence-corrected chi connectivity index (χ4v) is 1.75. The third-order valence-corrected chi connectivity index (χ3v) is 2.59. The molecule has 2 rings (SSSR count). The normalized spacial score (nSPS) is 18.6. The van der Waals surface area contributed by atoms with E-state index in [4.69, 9.17) is 9.47 Å². The molecule has 1 aliphatic rings. The van der Waals surface area contributed by atoms with Crippen LogP contribution in [0.1, 0.15) is 15.9 Å². The van der Waals surface area contributed by atoms with Gasteiger partial charge in [-0.25, -0.2) is 4.39 Å². The number of ketones is 1. The Bertz CT molecular complexity index is 403. The number of hydrogen-bond acceptors (Lipinski definition) is 3. The number of methoxy groups -OCH3 is 1. The maximum Gasteiger partial charge on any atom is 0.197 e. The van der Waals surface area contributed by atoms with E-state index in [0.29, 0.717) is 24.5 Å². The molecule has 0 saturated heterocycles. The van der Waals surface area contributed by atoms with Crippen LogP contribution in [0.25, 0.3) is 0 Å². The molecule has 1 atom stereocenters. The van der Waals surface area contributed by atoms with E-state index in [1.807, 2.05) is 0 Å². The van der Waals surface area contributed by atoms with Gasteiger partial charge >= 0.3 is 0 Å². The predicted octanol–water partition coefficient (Wildman–Crippen LogP) is 1.79. The van der Waals surface area contributed by atoms with E-state index in [1.54, 1.807) is 25.3 Å². The third-order valence-electron chi connectivity index (χ3n) is 2.59. The lowest BCUT2D eigenvalue weighted by Crippen LogP contribution is -2.08. The summed E-state index contributed by atoms with van der Waals surface area (Å²) in [5, 5.41) is 0. The minimum atomic E-state index is -1.38. The number of alkyl halides is 1. The summed E-state index contributed by atoms with van der Waals surface area (Å²) in [7, 11) is 1.59. The molecule has 1 aromatic rings. The Labute approximate surface area is 93.2 Å². The monoisotopic (exact) mass is 224 g/mol. The molecule has 0 spiro atoms. The molecule has 0 fully saturated rings. The number of fused-ring (bicyclic) bond motifs is 1. The van der Waals surface area contributed by atoms with E-state index in [-0.39, 0.29) is 6.42 Å². The average molecular weight is 224 g/mol. The highest BCUT2D eigenvalue weighted by Crippen LogP contribution is 2.27. The summed E-state index contributed by atoms with van der Waals surface area (Å²) in [6, 6.07) is 5.10. The highest BCUT2D eigenvalue weighted by atomic mass is 19.1. The van der Waals surface area contributed by atoms with Crippen molar-refractivity contribution in [1.82, 2.24) is 0 Å². The highest BCUT2D eigenvalue weighted by Gasteiger charge is 2.30. The first-order chi connectivity index (χ1) is 7.72. The van der Waals surface area contributed by atoms with Gasteiger partial charge in [-0.2, -0.15) is 0 Å². The van der Waals surface area contributed by atoms with Crippen LogP contribution in [0.2, 0.25) is 0 Å². The Balaban J connectivity index is 2.11. The molecule has 1 aromatic carbocycles. The van der Waals surface area contributed by atoms with E-state index >= 15 is 0 Å². The maximum atomic E-state index is 13.1. The predicted molar refractivity (Wildman–Crippen MR) is 56.7 cm³/mol. The van der Waals surface area contributed by atoms with Gasteiger partial charge in [0.25, 0.3) is 0 Å². The van der Waals surface area contributed by atoms with Crippen LogP contribution in [-0.4, -0.2) is 32.3 Å². The van der Waals surface area contributed by atoms with Crippen LogP contribution < -0.4 is 4.74 Å². The molecule has 1 unspecified atom stereocenters. The van der Waals surface area contributed by atoms with Crippen LogP contribution in [0.4, 0.5) is 4.39 Å². The van der Waals surface area contributed by atoms with Gasteiger partial charge in [0.05, 0.1) is 6.61 Å². The second-order valence-electron chi connectivity index (χ2n) is 3.70. The van der Waals surface area contributed by atoms with Crippen LogP contribution in [0, 0.1) is 0 Å². The molecule has 0 aromatic heterocycles. The van der Waals surface area contributed by atoms with Crippen molar-refractivity contribution in [3.63, 3.8) is 0 Å². The van der Waals surface area contributed by atoms with Crippen LogP contribution >= 0.6 is 0 Å². The Morgan fingerprint density at radius 3 is 3.00 bits per heavy atom. The fourth-order valence-electron chi connectivity index (χ4n) is 1.75. The van der Waals surface area contributed by atoms with E-state index in [2.05, 4.69) is 0 Å². The molecular formula is C12H13FO3. The van der Waals surface area contributed by atoms with Crippen molar-refractivity contribution >= 4 is 5.78 Å². The van der Waals surface area contributed by atoms with Crippen molar-refractivity contribution in [2.24, 2.45) is 0 Å². The molecule has 1 aliphatic carbocycles. The maximum absolute atomic E-state index is 13.1. The van der Waals surface area contributed by atoms with Crippen LogP contribution in [-0.2, 0) is 11.2 Å². The third kappa shape index (κ3) is 2.07. The van der Waals surface area contributed by atoms with Gasteiger partial charge in [0, 0.05) is 19.1 Å². The molecular weight excluding hydrogens is 211 g/mol. The van der Waals surface area contributed by atoms with Crippen molar-refractivity contribution in [3.8, 4) is 5.75 Å². The number of halogens is 1. The van der Waals surface area contributed by atoms with Crippen molar-refractivity contribution < 1.29 is 18.7 Å². The molecule has 16 heavy (non-hydrogen) atoms. The minimum absolute atomic E-state index is 0.187. The van der Waals surface area contributed by atoms with E-state index < -0.39 is 12.0 Å². The molecule has 0 radical (unpaired) electrons. The number of hydrogen-bond donors (Lipinski definition) is 0. The molecule has 3 nitrogen and oxygen atoms in total. The zero-order valence-corrected chi connectivity index (χ0v) is 9.03. The van der Waals surface area contributed by atoms with Gasteiger partial charge in [0.2, 0.25) is 0 Å². The second kappa shape index (κ2) is 4.61. The van der Waals surface area contributed by atoms with Crippen LogP contribution in [0.3, 0.4) is 0 Å². The smallest absolute Gasteiger partial charge is 0.197 e. The van der Waals surface area contributed by atoms with Gasteiger partial charge in [-0.15, -0.1) is 0 Å². The van der Waals surface area contributed by atoms with E-state index in [0.717, 1.165) is 5.56 Å². The highest BCUT2D eigenvalue weighted by molar-refractivity contribution is 6.04. The second-order valence-corrected chi connectivity index (χ2v) is 3.70. The summed E-state index contributed by atoms with van der Waals surface area (Å²) in [6.07, 6.45) is -1.20. The largest absolute Gasteiger partial charge is 0.491 e. The number of Topliss-reactive ketones (excluding diaryl/α,β-unsaturated/α-hetero) is 1. The average Bonchev–Trinajstić information content (AvgIpc) is 2.56. The fraction of sp³-hybridized carbons (Fsp3) is 0.417. The quantitative estimate of drug-likeness (QED) is 0.731. The number of benzene rings is 1. The molecule has 4 heteroatoms. The number of ether oxygens (including phenoxy) is 2. The number of carbonyl (C=O) groups excluding carboxylic acids is 1. The molecule has 0 heterocycles. The first kappa shape index (κ1) is 11.1.